The van der Waals surface area contributed by atoms with Crippen molar-refractivity contribution in [3.05, 3.63) is 78.1 Å². The number of carbonyl (C=O) groups is 2. The van der Waals surface area contributed by atoms with Gasteiger partial charge in [0, 0.05) is 31.0 Å². The molecule has 7 heteroatoms. The van der Waals surface area contributed by atoms with Crippen LogP contribution in [-0.4, -0.2) is 64.4 Å². The summed E-state index contributed by atoms with van der Waals surface area (Å²) in [5.41, 5.74) is 1.25. The lowest BCUT2D eigenvalue weighted by Crippen LogP contribution is -2.38. The van der Waals surface area contributed by atoms with Gasteiger partial charge in [0.05, 0.1) is 11.6 Å². The molecular formula is C25H29N3O4. The molecule has 7 nitrogen and oxygen atoms in total. The molecule has 3 rings (SSSR count). The maximum Gasteiger partial charge on any atom is 0.295 e. The van der Waals surface area contributed by atoms with Crippen molar-refractivity contribution in [3.63, 3.8) is 0 Å². The second-order valence-corrected chi connectivity index (χ2v) is 7.42. The fourth-order valence-corrected chi connectivity index (χ4v) is 3.81. The Kier molecular flexibility index (Phi) is 7.78. The van der Waals surface area contributed by atoms with Crippen LogP contribution in [0, 0.1) is 0 Å². The van der Waals surface area contributed by atoms with Gasteiger partial charge in [-0.25, -0.2) is 0 Å². The van der Waals surface area contributed by atoms with Gasteiger partial charge in [-0.05, 0) is 42.9 Å². The first-order chi connectivity index (χ1) is 15.5. The number of benzene rings is 1. The number of pyridine rings is 1. The molecule has 1 amide bonds. The predicted octanol–water partition coefficient (Wildman–Crippen LogP) is 3.41. The van der Waals surface area contributed by atoms with Gasteiger partial charge in [0.25, 0.3) is 11.7 Å². The average molecular weight is 436 g/mol. The molecule has 168 valence electrons. The van der Waals surface area contributed by atoms with Crippen molar-refractivity contribution in [2.24, 2.45) is 0 Å². The zero-order valence-electron chi connectivity index (χ0n) is 18.5. The summed E-state index contributed by atoms with van der Waals surface area (Å²) in [7, 11) is 0. The molecule has 1 aromatic heterocycles. The average Bonchev–Trinajstić information content (AvgIpc) is 3.08. The highest BCUT2D eigenvalue weighted by Crippen LogP contribution is 2.39. The van der Waals surface area contributed by atoms with Gasteiger partial charge in [0.15, 0.2) is 0 Å². The number of rotatable bonds is 10. The summed E-state index contributed by atoms with van der Waals surface area (Å²) in [6.07, 6.45) is 4.73. The van der Waals surface area contributed by atoms with Gasteiger partial charge in [-0.2, -0.15) is 0 Å². The van der Waals surface area contributed by atoms with E-state index in [-0.39, 0.29) is 11.3 Å². The van der Waals surface area contributed by atoms with Crippen LogP contribution in [0.3, 0.4) is 0 Å². The Morgan fingerprint density at radius 1 is 1.16 bits per heavy atom. The van der Waals surface area contributed by atoms with E-state index in [1.54, 1.807) is 35.2 Å². The van der Waals surface area contributed by atoms with E-state index in [2.05, 4.69) is 30.3 Å². The Morgan fingerprint density at radius 2 is 1.81 bits per heavy atom. The van der Waals surface area contributed by atoms with Crippen LogP contribution in [0.2, 0.25) is 0 Å². The zero-order chi connectivity index (χ0) is 23.1. The smallest absolute Gasteiger partial charge is 0.295 e. The molecule has 0 aliphatic carbocycles. The summed E-state index contributed by atoms with van der Waals surface area (Å²) in [6, 6.07) is 9.75. The number of ether oxygens (including phenoxy) is 1. The number of aromatic nitrogens is 1. The number of hydrogen-bond acceptors (Lipinski definition) is 6. The van der Waals surface area contributed by atoms with Crippen LogP contribution >= 0.6 is 0 Å². The number of amides is 1. The maximum absolute atomic E-state index is 13.0. The van der Waals surface area contributed by atoms with E-state index >= 15 is 0 Å². The van der Waals surface area contributed by atoms with Gasteiger partial charge in [0.1, 0.15) is 18.1 Å². The number of hydrogen-bond donors (Lipinski definition) is 1. The molecule has 0 radical (unpaired) electrons. The fourth-order valence-electron chi connectivity index (χ4n) is 3.81. The van der Waals surface area contributed by atoms with Crippen molar-refractivity contribution in [1.29, 1.82) is 0 Å². The van der Waals surface area contributed by atoms with Crippen molar-refractivity contribution in [2.45, 2.75) is 19.9 Å². The lowest BCUT2D eigenvalue weighted by Gasteiger charge is -2.28. The summed E-state index contributed by atoms with van der Waals surface area (Å²) in [6.45, 7) is 10.8. The molecule has 1 unspecified atom stereocenters. The fraction of sp³-hybridized carbons (Fsp3) is 0.320. The molecule has 2 heterocycles. The minimum atomic E-state index is -0.688. The van der Waals surface area contributed by atoms with Crippen molar-refractivity contribution < 1.29 is 19.4 Å². The van der Waals surface area contributed by atoms with E-state index in [9.17, 15) is 14.7 Å². The molecular weight excluding hydrogens is 406 g/mol. The minimum absolute atomic E-state index is 0.0838. The van der Waals surface area contributed by atoms with E-state index < -0.39 is 17.7 Å². The van der Waals surface area contributed by atoms with Gasteiger partial charge in [-0.3, -0.25) is 14.6 Å². The number of carbonyl (C=O) groups excluding carboxylic acids is 2. The Morgan fingerprint density at radius 3 is 2.41 bits per heavy atom. The molecule has 0 bridgehead atoms. The third kappa shape index (κ3) is 4.89. The van der Waals surface area contributed by atoms with Crippen LogP contribution in [-0.2, 0) is 9.59 Å². The highest BCUT2D eigenvalue weighted by atomic mass is 16.5. The SMILES string of the molecule is C=CCOc1ccc(C2C(=C(O)c3ccncc3)C(=O)C(=O)N2CCN(CC)CC)cc1. The van der Waals surface area contributed by atoms with Crippen LogP contribution in [0.15, 0.2) is 67.0 Å². The van der Waals surface area contributed by atoms with Crippen LogP contribution in [0.4, 0.5) is 0 Å². The second kappa shape index (κ2) is 10.7. The standard InChI is InChI=1S/C25H29N3O4/c1-4-17-32-20-9-7-18(8-10-20)22-21(23(29)19-11-13-26-14-12-19)24(30)25(31)28(22)16-15-27(5-2)6-3/h4,7-14,22,29H,1,5-6,15-17H2,2-3H3. The summed E-state index contributed by atoms with van der Waals surface area (Å²) >= 11 is 0. The molecule has 0 saturated carbocycles. The van der Waals surface area contributed by atoms with E-state index in [0.717, 1.165) is 18.7 Å². The molecule has 1 N–H and O–H groups in total. The minimum Gasteiger partial charge on any atom is -0.507 e. The molecule has 1 aliphatic heterocycles. The second-order valence-electron chi connectivity index (χ2n) is 7.42. The number of aliphatic hydroxyl groups is 1. The predicted molar refractivity (Wildman–Crippen MR) is 123 cm³/mol. The normalized spacial score (nSPS) is 17.7. The Labute approximate surface area is 188 Å². The first-order valence-corrected chi connectivity index (χ1v) is 10.8. The van der Waals surface area contributed by atoms with Crippen molar-refractivity contribution in [3.8, 4) is 5.75 Å². The molecule has 32 heavy (non-hydrogen) atoms. The van der Waals surface area contributed by atoms with E-state index in [1.165, 1.54) is 12.4 Å². The quantitative estimate of drug-likeness (QED) is 0.267. The number of nitrogens with zero attached hydrogens (tertiary/aromatic N) is 3. The lowest BCUT2D eigenvalue weighted by molar-refractivity contribution is -0.140. The van der Waals surface area contributed by atoms with E-state index in [1.807, 2.05) is 12.1 Å². The topological polar surface area (TPSA) is 83.0 Å². The Balaban J connectivity index is 2.04. The van der Waals surface area contributed by atoms with Gasteiger partial charge in [-0.1, -0.05) is 38.6 Å². The lowest BCUT2D eigenvalue weighted by atomic mass is 9.95. The number of Topliss-reactive ketones (excluding diaryl/α,β-unsaturated/α-hetero) is 1. The molecule has 1 aliphatic rings. The summed E-state index contributed by atoms with van der Waals surface area (Å²) in [4.78, 5) is 33.7. The largest absolute Gasteiger partial charge is 0.507 e. The van der Waals surface area contributed by atoms with Crippen molar-refractivity contribution in [2.75, 3.05) is 32.8 Å². The molecule has 2 aromatic rings. The first-order valence-electron chi connectivity index (χ1n) is 10.8. The van der Waals surface area contributed by atoms with Crippen molar-refractivity contribution in [1.82, 2.24) is 14.8 Å². The number of likely N-dealkylation sites (tertiary alicyclic amines) is 1. The molecule has 1 aromatic carbocycles. The van der Waals surface area contributed by atoms with Crippen molar-refractivity contribution >= 4 is 17.4 Å². The highest BCUT2D eigenvalue weighted by Gasteiger charge is 2.45. The Bertz CT molecular complexity index is 982. The highest BCUT2D eigenvalue weighted by molar-refractivity contribution is 6.46. The van der Waals surface area contributed by atoms with Gasteiger partial charge in [0.2, 0.25) is 0 Å². The molecule has 1 atom stereocenters. The first kappa shape index (κ1) is 23.2. The van der Waals surface area contributed by atoms with Gasteiger partial charge >= 0.3 is 0 Å². The zero-order valence-corrected chi connectivity index (χ0v) is 18.5. The van der Waals surface area contributed by atoms with Crippen LogP contribution in [0.25, 0.3) is 5.76 Å². The molecule has 1 saturated heterocycles. The summed E-state index contributed by atoms with van der Waals surface area (Å²) < 4.78 is 5.55. The molecule has 1 fully saturated rings. The summed E-state index contributed by atoms with van der Waals surface area (Å²) in [5.74, 6) is -0.837. The monoisotopic (exact) mass is 435 g/mol. The summed E-state index contributed by atoms with van der Waals surface area (Å²) in [5, 5.41) is 11.0. The van der Waals surface area contributed by atoms with E-state index in [0.29, 0.717) is 31.0 Å². The number of aliphatic hydroxyl groups excluding tert-OH is 1. The van der Waals surface area contributed by atoms with Crippen LogP contribution < -0.4 is 4.74 Å². The van der Waals surface area contributed by atoms with Crippen LogP contribution in [0.1, 0.15) is 31.0 Å². The number of likely N-dealkylation sites (N-methyl/N-ethyl adjacent to an activating group) is 1. The van der Waals surface area contributed by atoms with Gasteiger partial charge < -0.3 is 19.6 Å². The number of ketones is 1. The third-order valence-electron chi connectivity index (χ3n) is 5.61. The molecule has 0 spiro atoms. The maximum atomic E-state index is 13.0. The van der Waals surface area contributed by atoms with E-state index in [4.69, 9.17) is 4.74 Å². The third-order valence-corrected chi connectivity index (χ3v) is 5.61. The Hall–Kier alpha value is -3.45. The van der Waals surface area contributed by atoms with Crippen LogP contribution in [0.5, 0.6) is 5.75 Å². The van der Waals surface area contributed by atoms with Gasteiger partial charge in [-0.15, -0.1) is 0 Å².